The number of nitrogens with one attached hydrogen (secondary N) is 1. The quantitative estimate of drug-likeness (QED) is 0.356. The van der Waals surface area contributed by atoms with Crippen molar-refractivity contribution in [2.24, 2.45) is 10.7 Å². The van der Waals surface area contributed by atoms with Crippen LogP contribution in [0.1, 0.15) is 44.1 Å². The summed E-state index contributed by atoms with van der Waals surface area (Å²) in [6.45, 7) is 0.780. The van der Waals surface area contributed by atoms with E-state index < -0.39 is 0 Å². The van der Waals surface area contributed by atoms with Crippen molar-refractivity contribution in [3.8, 4) is 0 Å². The zero-order valence-corrected chi connectivity index (χ0v) is 14.5. The highest BCUT2D eigenvalue weighted by molar-refractivity contribution is 14.0. The Morgan fingerprint density at radius 1 is 1.32 bits per heavy atom. The summed E-state index contributed by atoms with van der Waals surface area (Å²) in [5.41, 5.74) is 7.29. The van der Waals surface area contributed by atoms with E-state index in [9.17, 15) is 0 Å². The number of rotatable bonds is 4. The maximum atomic E-state index is 5.94. The van der Waals surface area contributed by atoms with E-state index in [4.69, 9.17) is 5.73 Å². The fraction of sp³-hybridized carbons (Fsp3) is 0.643. The van der Waals surface area contributed by atoms with Crippen LogP contribution in [0.15, 0.2) is 21.8 Å². The van der Waals surface area contributed by atoms with Crippen LogP contribution in [0, 0.1) is 0 Å². The van der Waals surface area contributed by atoms with Gasteiger partial charge in [-0.3, -0.25) is 4.99 Å². The van der Waals surface area contributed by atoms with Crippen molar-refractivity contribution in [2.45, 2.75) is 51.0 Å². The molecule has 1 fully saturated rings. The highest BCUT2D eigenvalue weighted by Gasteiger charge is 2.11. The molecule has 1 saturated carbocycles. The minimum absolute atomic E-state index is 0. The van der Waals surface area contributed by atoms with Crippen LogP contribution in [-0.4, -0.2) is 18.5 Å². The molecule has 3 N–H and O–H groups in total. The molecule has 0 aromatic carbocycles. The highest BCUT2D eigenvalue weighted by Crippen LogP contribution is 2.16. The number of hydrogen-bond acceptors (Lipinski definition) is 2. The molecule has 2 rings (SSSR count). The van der Waals surface area contributed by atoms with Crippen molar-refractivity contribution < 1.29 is 0 Å². The first kappa shape index (κ1) is 16.8. The van der Waals surface area contributed by atoms with Gasteiger partial charge in [0.25, 0.3) is 0 Å². The van der Waals surface area contributed by atoms with Gasteiger partial charge in [0.15, 0.2) is 5.96 Å². The molecule has 1 aliphatic carbocycles. The molecule has 0 saturated heterocycles. The van der Waals surface area contributed by atoms with Crippen LogP contribution in [0.5, 0.6) is 0 Å². The normalized spacial score (nSPS) is 17.6. The molecule has 0 spiro atoms. The topological polar surface area (TPSA) is 50.4 Å². The second-order valence-corrected chi connectivity index (χ2v) is 5.76. The Hall–Kier alpha value is -0.300. The number of nitrogens with zero attached hydrogens (tertiary/aromatic N) is 1. The predicted octanol–water partition coefficient (Wildman–Crippen LogP) is 3.54. The van der Waals surface area contributed by atoms with Crippen molar-refractivity contribution in [3.05, 3.63) is 22.4 Å². The van der Waals surface area contributed by atoms with Crippen molar-refractivity contribution >= 4 is 41.3 Å². The Balaban J connectivity index is 0.00000180. The first-order chi connectivity index (χ1) is 8.84. The van der Waals surface area contributed by atoms with E-state index in [0.717, 1.165) is 13.0 Å². The Kier molecular flexibility index (Phi) is 8.45. The number of thiophene rings is 1. The van der Waals surface area contributed by atoms with Crippen molar-refractivity contribution in [1.82, 2.24) is 5.32 Å². The van der Waals surface area contributed by atoms with Gasteiger partial charge < -0.3 is 11.1 Å². The average molecular weight is 393 g/mol. The van der Waals surface area contributed by atoms with E-state index in [1.54, 1.807) is 11.3 Å². The molecule has 108 valence electrons. The third-order valence-electron chi connectivity index (χ3n) is 3.47. The van der Waals surface area contributed by atoms with Gasteiger partial charge in [-0.1, -0.05) is 25.7 Å². The maximum Gasteiger partial charge on any atom is 0.188 e. The van der Waals surface area contributed by atoms with Crippen LogP contribution < -0.4 is 11.1 Å². The van der Waals surface area contributed by atoms with E-state index in [0.29, 0.717) is 12.0 Å². The molecule has 0 radical (unpaired) electrons. The van der Waals surface area contributed by atoms with E-state index in [-0.39, 0.29) is 24.0 Å². The number of nitrogens with two attached hydrogens (primary N) is 1. The molecule has 0 unspecified atom stereocenters. The van der Waals surface area contributed by atoms with Crippen molar-refractivity contribution in [3.63, 3.8) is 0 Å². The summed E-state index contributed by atoms with van der Waals surface area (Å²) in [5, 5.41) is 7.64. The van der Waals surface area contributed by atoms with Gasteiger partial charge in [-0.05, 0) is 41.7 Å². The Morgan fingerprint density at radius 3 is 2.68 bits per heavy atom. The summed E-state index contributed by atoms with van der Waals surface area (Å²) in [4.78, 5) is 4.41. The minimum Gasteiger partial charge on any atom is -0.370 e. The lowest BCUT2D eigenvalue weighted by molar-refractivity contribution is 0.530. The average Bonchev–Trinajstić information content (AvgIpc) is 2.74. The minimum atomic E-state index is 0. The summed E-state index contributed by atoms with van der Waals surface area (Å²) in [6, 6.07) is 2.69. The first-order valence-corrected chi connectivity index (χ1v) is 7.86. The molecule has 0 amide bonds. The number of halogens is 1. The molecular formula is C14H24IN3S. The monoisotopic (exact) mass is 393 g/mol. The fourth-order valence-corrected chi connectivity index (χ4v) is 3.12. The lowest BCUT2D eigenvalue weighted by Gasteiger charge is -2.16. The third-order valence-corrected chi connectivity index (χ3v) is 4.20. The number of aliphatic imine (C=N–C) groups is 1. The molecule has 1 aromatic heterocycles. The van der Waals surface area contributed by atoms with Gasteiger partial charge in [0.1, 0.15) is 0 Å². The molecule has 3 nitrogen and oxygen atoms in total. The lowest BCUT2D eigenvalue weighted by atomic mass is 10.1. The Bertz CT molecular complexity index is 357. The largest absolute Gasteiger partial charge is 0.370 e. The Morgan fingerprint density at radius 2 is 2.05 bits per heavy atom. The van der Waals surface area contributed by atoms with E-state index in [1.165, 1.54) is 44.1 Å². The zero-order valence-electron chi connectivity index (χ0n) is 11.3. The smallest absolute Gasteiger partial charge is 0.188 e. The molecule has 1 aliphatic rings. The van der Waals surface area contributed by atoms with E-state index in [1.807, 2.05) is 0 Å². The predicted molar refractivity (Wildman–Crippen MR) is 94.6 cm³/mol. The van der Waals surface area contributed by atoms with Crippen LogP contribution in [-0.2, 0) is 6.42 Å². The van der Waals surface area contributed by atoms with Crippen LogP contribution in [0.25, 0.3) is 0 Å². The Labute approximate surface area is 137 Å². The highest BCUT2D eigenvalue weighted by atomic mass is 127. The summed E-state index contributed by atoms with van der Waals surface area (Å²) in [6.07, 6.45) is 8.83. The van der Waals surface area contributed by atoms with Gasteiger partial charge in [0.2, 0.25) is 0 Å². The molecule has 1 heterocycles. The zero-order chi connectivity index (χ0) is 12.6. The number of guanidine groups is 1. The third kappa shape index (κ3) is 6.61. The van der Waals surface area contributed by atoms with Crippen molar-refractivity contribution in [1.29, 1.82) is 0 Å². The molecular weight excluding hydrogens is 369 g/mol. The lowest BCUT2D eigenvalue weighted by Crippen LogP contribution is -2.40. The molecule has 0 atom stereocenters. The first-order valence-electron chi connectivity index (χ1n) is 6.92. The molecule has 5 heteroatoms. The van der Waals surface area contributed by atoms with Gasteiger partial charge in [-0.25, -0.2) is 0 Å². The van der Waals surface area contributed by atoms with Crippen LogP contribution in [0.4, 0.5) is 0 Å². The van der Waals surface area contributed by atoms with Crippen LogP contribution >= 0.6 is 35.3 Å². The summed E-state index contributed by atoms with van der Waals surface area (Å²) < 4.78 is 0. The standard InChI is InChI=1S/C14H23N3S.HI/c15-14(16-9-7-12-8-10-18-11-12)17-13-5-3-1-2-4-6-13;/h8,10-11,13H,1-7,9H2,(H3,15,16,17);1H. The van der Waals surface area contributed by atoms with Crippen LogP contribution in [0.3, 0.4) is 0 Å². The molecule has 19 heavy (non-hydrogen) atoms. The van der Waals surface area contributed by atoms with Crippen molar-refractivity contribution in [2.75, 3.05) is 6.54 Å². The summed E-state index contributed by atoms with van der Waals surface area (Å²) in [5.74, 6) is 0.622. The molecule has 0 bridgehead atoms. The molecule has 0 aliphatic heterocycles. The second-order valence-electron chi connectivity index (χ2n) is 4.98. The van der Waals surface area contributed by atoms with Gasteiger partial charge >= 0.3 is 0 Å². The van der Waals surface area contributed by atoms with Crippen LogP contribution in [0.2, 0.25) is 0 Å². The van der Waals surface area contributed by atoms with Gasteiger partial charge in [0.05, 0.1) is 0 Å². The second kappa shape index (κ2) is 9.58. The summed E-state index contributed by atoms with van der Waals surface area (Å²) in [7, 11) is 0. The summed E-state index contributed by atoms with van der Waals surface area (Å²) >= 11 is 1.73. The van der Waals surface area contributed by atoms with Gasteiger partial charge in [-0.15, -0.1) is 24.0 Å². The fourth-order valence-electron chi connectivity index (χ4n) is 2.42. The molecule has 1 aromatic rings. The van der Waals surface area contributed by atoms with E-state index >= 15 is 0 Å². The van der Waals surface area contributed by atoms with Gasteiger partial charge in [0, 0.05) is 12.6 Å². The SMILES string of the molecule is I.NC(=NCCc1ccsc1)NC1CCCCCC1. The maximum absolute atomic E-state index is 5.94. The van der Waals surface area contributed by atoms with E-state index in [2.05, 4.69) is 27.1 Å². The van der Waals surface area contributed by atoms with Gasteiger partial charge in [-0.2, -0.15) is 11.3 Å². The number of hydrogen-bond donors (Lipinski definition) is 2.